The summed E-state index contributed by atoms with van der Waals surface area (Å²) in [6, 6.07) is 6.58. The number of ketones is 1. The van der Waals surface area contributed by atoms with E-state index in [1.807, 2.05) is 0 Å². The van der Waals surface area contributed by atoms with E-state index in [1.54, 1.807) is 24.3 Å². The van der Waals surface area contributed by atoms with Crippen LogP contribution in [-0.4, -0.2) is 23.4 Å². The molecule has 1 aromatic rings. The van der Waals surface area contributed by atoms with Gasteiger partial charge in [-0.2, -0.15) is 0 Å². The van der Waals surface area contributed by atoms with Crippen LogP contribution in [0.25, 0.3) is 6.08 Å². The molecule has 0 bridgehead atoms. The van der Waals surface area contributed by atoms with Gasteiger partial charge >= 0.3 is 5.97 Å². The summed E-state index contributed by atoms with van der Waals surface area (Å²) in [5.41, 5.74) is 6.46. The molecule has 78 valence electrons. The summed E-state index contributed by atoms with van der Waals surface area (Å²) in [7, 11) is 0. The third-order valence-corrected chi connectivity index (χ3v) is 1.84. The minimum Gasteiger partial charge on any atom is -0.478 e. The molecule has 0 aliphatic heterocycles. The van der Waals surface area contributed by atoms with Gasteiger partial charge in [0.2, 0.25) is 0 Å². The first-order valence-electron chi connectivity index (χ1n) is 4.38. The van der Waals surface area contributed by atoms with E-state index >= 15 is 0 Å². The predicted octanol–water partition coefficient (Wildman–Crippen LogP) is 0.926. The molecule has 4 heteroatoms. The highest BCUT2D eigenvalue weighted by Crippen LogP contribution is 2.06. The van der Waals surface area contributed by atoms with Crippen molar-refractivity contribution < 1.29 is 14.7 Å². The van der Waals surface area contributed by atoms with E-state index in [1.165, 1.54) is 6.08 Å². The fourth-order valence-electron chi connectivity index (χ4n) is 1.07. The molecule has 0 radical (unpaired) electrons. The van der Waals surface area contributed by atoms with Crippen LogP contribution >= 0.6 is 0 Å². The van der Waals surface area contributed by atoms with Crippen LogP contribution in [0.2, 0.25) is 0 Å². The Hall–Kier alpha value is -1.94. The van der Waals surface area contributed by atoms with Crippen molar-refractivity contribution in [3.63, 3.8) is 0 Å². The quantitative estimate of drug-likeness (QED) is 0.566. The van der Waals surface area contributed by atoms with E-state index in [2.05, 4.69) is 0 Å². The van der Waals surface area contributed by atoms with Crippen molar-refractivity contribution in [2.24, 2.45) is 5.73 Å². The molecule has 0 saturated heterocycles. The Morgan fingerprint density at radius 2 is 1.87 bits per heavy atom. The molecule has 1 rings (SSSR count). The summed E-state index contributed by atoms with van der Waals surface area (Å²) in [6.07, 6.45) is 2.50. The zero-order valence-corrected chi connectivity index (χ0v) is 8.01. The molecule has 0 spiro atoms. The lowest BCUT2D eigenvalue weighted by molar-refractivity contribution is -0.131. The first-order valence-corrected chi connectivity index (χ1v) is 4.38. The second kappa shape index (κ2) is 5.07. The molecular weight excluding hydrogens is 194 g/mol. The number of hydrogen-bond donors (Lipinski definition) is 2. The summed E-state index contributed by atoms with van der Waals surface area (Å²) >= 11 is 0. The summed E-state index contributed by atoms with van der Waals surface area (Å²) in [4.78, 5) is 21.4. The SMILES string of the molecule is NCC(=O)c1ccc(C=CC(=O)O)cc1. The third-order valence-electron chi connectivity index (χ3n) is 1.84. The largest absolute Gasteiger partial charge is 0.478 e. The van der Waals surface area contributed by atoms with Crippen LogP contribution in [0, 0.1) is 0 Å². The fraction of sp³-hybridized carbons (Fsp3) is 0.0909. The standard InChI is InChI=1S/C11H11NO3/c12-7-10(13)9-4-1-8(2-5-9)3-6-11(14)15/h1-6H,7,12H2,(H,14,15). The Balaban J connectivity index is 2.81. The number of Topliss-reactive ketones (excluding diaryl/α,β-unsaturated/α-hetero) is 1. The summed E-state index contributed by atoms with van der Waals surface area (Å²) in [5.74, 6) is -1.14. The molecule has 0 aromatic heterocycles. The van der Waals surface area contributed by atoms with Gasteiger partial charge in [0.1, 0.15) is 0 Å². The van der Waals surface area contributed by atoms with Gasteiger partial charge in [-0.05, 0) is 11.6 Å². The number of rotatable bonds is 4. The molecule has 0 amide bonds. The number of hydrogen-bond acceptors (Lipinski definition) is 3. The first-order chi connectivity index (χ1) is 7.13. The molecule has 0 aliphatic rings. The van der Waals surface area contributed by atoms with Crippen LogP contribution in [0.1, 0.15) is 15.9 Å². The summed E-state index contributed by atoms with van der Waals surface area (Å²) < 4.78 is 0. The lowest BCUT2D eigenvalue weighted by Crippen LogP contribution is -2.13. The maximum atomic E-state index is 11.2. The molecule has 0 atom stereocenters. The third kappa shape index (κ3) is 3.36. The van der Waals surface area contributed by atoms with E-state index < -0.39 is 5.97 Å². The molecule has 0 saturated carbocycles. The minimum atomic E-state index is -1.00. The monoisotopic (exact) mass is 205 g/mol. The summed E-state index contributed by atoms with van der Waals surface area (Å²) in [5, 5.41) is 8.40. The Morgan fingerprint density at radius 1 is 1.27 bits per heavy atom. The number of carbonyl (C=O) groups is 2. The van der Waals surface area contributed by atoms with Crippen LogP contribution in [0.3, 0.4) is 0 Å². The molecule has 4 nitrogen and oxygen atoms in total. The molecule has 3 N–H and O–H groups in total. The van der Waals surface area contributed by atoms with Crippen molar-refractivity contribution in [2.75, 3.05) is 6.54 Å². The number of carboxylic acid groups (broad SMARTS) is 1. The lowest BCUT2D eigenvalue weighted by atomic mass is 10.1. The fourth-order valence-corrected chi connectivity index (χ4v) is 1.07. The smallest absolute Gasteiger partial charge is 0.328 e. The maximum absolute atomic E-state index is 11.2. The van der Waals surface area contributed by atoms with Gasteiger partial charge in [-0.1, -0.05) is 24.3 Å². The van der Waals surface area contributed by atoms with Gasteiger partial charge in [0.15, 0.2) is 5.78 Å². The molecule has 1 aromatic carbocycles. The Labute approximate surface area is 87.0 Å². The van der Waals surface area contributed by atoms with Crippen molar-refractivity contribution in [2.45, 2.75) is 0 Å². The number of carbonyl (C=O) groups excluding carboxylic acids is 1. The van der Waals surface area contributed by atoms with Gasteiger partial charge in [0.05, 0.1) is 6.54 Å². The number of benzene rings is 1. The van der Waals surface area contributed by atoms with Crippen molar-refractivity contribution in [1.82, 2.24) is 0 Å². The van der Waals surface area contributed by atoms with E-state index in [-0.39, 0.29) is 12.3 Å². The highest BCUT2D eigenvalue weighted by Gasteiger charge is 2.01. The van der Waals surface area contributed by atoms with Crippen molar-refractivity contribution in [3.05, 3.63) is 41.5 Å². The Morgan fingerprint density at radius 3 is 2.33 bits per heavy atom. The summed E-state index contributed by atoms with van der Waals surface area (Å²) in [6.45, 7) is -0.0235. The van der Waals surface area contributed by atoms with Crippen LogP contribution < -0.4 is 5.73 Å². The van der Waals surface area contributed by atoms with Crippen LogP contribution in [-0.2, 0) is 4.79 Å². The predicted molar refractivity (Wildman–Crippen MR) is 56.5 cm³/mol. The van der Waals surface area contributed by atoms with Gasteiger partial charge < -0.3 is 10.8 Å². The average molecular weight is 205 g/mol. The van der Waals surface area contributed by atoms with Gasteiger partial charge in [-0.3, -0.25) is 4.79 Å². The van der Waals surface area contributed by atoms with E-state index in [4.69, 9.17) is 10.8 Å². The Kier molecular flexibility index (Phi) is 3.76. The lowest BCUT2D eigenvalue weighted by Gasteiger charge is -1.98. The normalized spacial score (nSPS) is 10.5. The molecule has 0 unspecified atom stereocenters. The van der Waals surface area contributed by atoms with Crippen LogP contribution in [0.15, 0.2) is 30.3 Å². The highest BCUT2D eigenvalue weighted by molar-refractivity contribution is 5.97. The van der Waals surface area contributed by atoms with Gasteiger partial charge in [-0.25, -0.2) is 4.79 Å². The minimum absolute atomic E-state index is 0.0235. The second-order valence-corrected chi connectivity index (χ2v) is 2.92. The number of aliphatic carboxylic acids is 1. The van der Waals surface area contributed by atoms with Crippen LogP contribution in [0.4, 0.5) is 0 Å². The molecule has 15 heavy (non-hydrogen) atoms. The van der Waals surface area contributed by atoms with Crippen molar-refractivity contribution in [1.29, 1.82) is 0 Å². The highest BCUT2D eigenvalue weighted by atomic mass is 16.4. The van der Waals surface area contributed by atoms with Gasteiger partial charge in [0.25, 0.3) is 0 Å². The van der Waals surface area contributed by atoms with E-state index in [0.717, 1.165) is 11.6 Å². The van der Waals surface area contributed by atoms with Crippen LogP contribution in [0.5, 0.6) is 0 Å². The number of nitrogens with two attached hydrogens (primary N) is 1. The van der Waals surface area contributed by atoms with Gasteiger partial charge in [-0.15, -0.1) is 0 Å². The van der Waals surface area contributed by atoms with Crippen molar-refractivity contribution in [3.8, 4) is 0 Å². The van der Waals surface area contributed by atoms with Gasteiger partial charge in [0, 0.05) is 11.6 Å². The van der Waals surface area contributed by atoms with Crippen molar-refractivity contribution >= 4 is 17.8 Å². The Bertz CT molecular complexity index is 393. The molecule has 0 aliphatic carbocycles. The average Bonchev–Trinajstić information content (AvgIpc) is 2.26. The molecule has 0 fully saturated rings. The topological polar surface area (TPSA) is 80.4 Å². The first kappa shape index (κ1) is 11.1. The molecule has 0 heterocycles. The maximum Gasteiger partial charge on any atom is 0.328 e. The van der Waals surface area contributed by atoms with E-state index in [0.29, 0.717) is 5.56 Å². The zero-order valence-electron chi connectivity index (χ0n) is 8.01. The van der Waals surface area contributed by atoms with E-state index in [9.17, 15) is 9.59 Å². The molecular formula is C11H11NO3. The zero-order chi connectivity index (χ0) is 11.3. The number of carboxylic acids is 1. The second-order valence-electron chi connectivity index (χ2n) is 2.92.